The van der Waals surface area contributed by atoms with Crippen LogP contribution >= 0.6 is 11.8 Å². The minimum atomic E-state index is -0.449. The SMILES string of the molecule is CC/C=C(/C#CC1=C2CN3CCCCC3[C@]23OC(=O)C=C13)SC. The molecule has 1 spiro atoms. The normalized spacial score (nSPS) is 32.3. The minimum Gasteiger partial charge on any atom is -0.445 e. The maximum atomic E-state index is 12.0. The molecule has 3 nitrogen and oxygen atoms in total. The molecule has 0 saturated carbocycles. The van der Waals surface area contributed by atoms with Crippen LogP contribution in [0.15, 0.2) is 33.8 Å². The molecule has 0 amide bonds. The van der Waals surface area contributed by atoms with Crippen LogP contribution in [0.4, 0.5) is 0 Å². The van der Waals surface area contributed by atoms with Gasteiger partial charge in [-0.25, -0.2) is 4.79 Å². The molecule has 0 bridgehead atoms. The van der Waals surface area contributed by atoms with E-state index in [1.54, 1.807) is 17.8 Å². The van der Waals surface area contributed by atoms with Gasteiger partial charge in [-0.3, -0.25) is 4.90 Å². The standard InChI is InChI=1S/C19H21NO2S/c1-3-6-13(23-2)8-9-14-15-11-18(21)22-19(15)16(14)12-20-10-5-4-7-17(19)20/h6,11,17H,3-5,7,10,12H2,1-2H3/b13-6-/t17?,19-/m1/s1. The molecular formula is C19H21NO2S. The Labute approximate surface area is 141 Å². The average Bonchev–Trinajstić information content (AvgIpc) is 3.01. The smallest absolute Gasteiger partial charge is 0.332 e. The van der Waals surface area contributed by atoms with Gasteiger partial charge in [0, 0.05) is 29.3 Å². The van der Waals surface area contributed by atoms with Crippen molar-refractivity contribution in [3.63, 3.8) is 0 Å². The van der Waals surface area contributed by atoms with Crippen LogP contribution in [0.2, 0.25) is 0 Å². The van der Waals surface area contributed by atoms with E-state index in [2.05, 4.69) is 36.0 Å². The molecule has 2 saturated heterocycles. The summed E-state index contributed by atoms with van der Waals surface area (Å²) in [4.78, 5) is 15.5. The minimum absolute atomic E-state index is 0.198. The molecule has 4 heteroatoms. The van der Waals surface area contributed by atoms with Crippen molar-refractivity contribution in [2.75, 3.05) is 19.3 Å². The Balaban J connectivity index is 1.73. The summed E-state index contributed by atoms with van der Waals surface area (Å²) in [6.45, 7) is 4.13. The molecule has 4 rings (SSSR count). The van der Waals surface area contributed by atoms with E-state index in [-0.39, 0.29) is 5.97 Å². The first-order chi connectivity index (χ1) is 11.2. The van der Waals surface area contributed by atoms with Crippen LogP contribution in [0.25, 0.3) is 0 Å². The first-order valence-corrected chi connectivity index (χ1v) is 9.62. The third-order valence-electron chi connectivity index (χ3n) is 5.31. The van der Waals surface area contributed by atoms with Crippen LogP contribution in [0, 0.1) is 11.8 Å². The molecule has 1 aliphatic carbocycles. The fraction of sp³-hybridized carbons (Fsp3) is 0.526. The number of rotatable bonds is 2. The Morgan fingerprint density at radius 2 is 2.43 bits per heavy atom. The van der Waals surface area contributed by atoms with Gasteiger partial charge in [-0.15, -0.1) is 11.8 Å². The number of ether oxygens (including phenoxy) is 1. The summed E-state index contributed by atoms with van der Waals surface area (Å²) in [6, 6.07) is 0.334. The Morgan fingerprint density at radius 3 is 3.22 bits per heavy atom. The Hall–Kier alpha value is -1.44. The summed E-state index contributed by atoms with van der Waals surface area (Å²) in [5.41, 5.74) is 2.89. The molecule has 0 aromatic carbocycles. The van der Waals surface area contributed by atoms with Crippen molar-refractivity contribution in [2.24, 2.45) is 0 Å². The van der Waals surface area contributed by atoms with Crippen LogP contribution in [0.3, 0.4) is 0 Å². The van der Waals surface area contributed by atoms with Crippen LogP contribution in [0.5, 0.6) is 0 Å². The molecule has 0 aromatic heterocycles. The van der Waals surface area contributed by atoms with E-state index in [1.165, 1.54) is 18.4 Å². The van der Waals surface area contributed by atoms with Gasteiger partial charge in [0.05, 0.1) is 10.9 Å². The molecule has 120 valence electrons. The highest BCUT2D eigenvalue weighted by atomic mass is 32.2. The number of fused-ring (bicyclic) bond motifs is 1. The van der Waals surface area contributed by atoms with Crippen LogP contribution in [-0.4, -0.2) is 41.9 Å². The van der Waals surface area contributed by atoms with E-state index in [0.717, 1.165) is 42.0 Å². The van der Waals surface area contributed by atoms with Crippen molar-refractivity contribution < 1.29 is 9.53 Å². The highest BCUT2D eigenvalue weighted by Gasteiger charge is 2.66. The molecule has 0 N–H and O–H groups in total. The topological polar surface area (TPSA) is 29.5 Å². The van der Waals surface area contributed by atoms with E-state index in [0.29, 0.717) is 6.04 Å². The third kappa shape index (κ3) is 2.07. The predicted molar refractivity (Wildman–Crippen MR) is 92.8 cm³/mol. The average molecular weight is 327 g/mol. The van der Waals surface area contributed by atoms with Gasteiger partial charge < -0.3 is 4.74 Å². The van der Waals surface area contributed by atoms with Gasteiger partial charge in [0.1, 0.15) is 0 Å². The number of hydrogen-bond acceptors (Lipinski definition) is 4. The number of thioether (sulfide) groups is 1. The zero-order valence-corrected chi connectivity index (χ0v) is 14.5. The van der Waals surface area contributed by atoms with Gasteiger partial charge in [-0.1, -0.05) is 31.3 Å². The summed E-state index contributed by atoms with van der Waals surface area (Å²) in [6.07, 6.45) is 10.4. The molecule has 0 radical (unpaired) electrons. The van der Waals surface area contributed by atoms with Crippen LogP contribution in [-0.2, 0) is 9.53 Å². The zero-order valence-electron chi connectivity index (χ0n) is 13.6. The lowest BCUT2D eigenvalue weighted by Gasteiger charge is -2.43. The molecular weight excluding hydrogens is 306 g/mol. The molecule has 23 heavy (non-hydrogen) atoms. The Bertz CT molecular complexity index is 721. The van der Waals surface area contributed by atoms with Crippen molar-refractivity contribution in [3.05, 3.63) is 33.8 Å². The monoisotopic (exact) mass is 327 g/mol. The van der Waals surface area contributed by atoms with Crippen molar-refractivity contribution in [3.8, 4) is 11.8 Å². The van der Waals surface area contributed by atoms with Crippen molar-refractivity contribution >= 4 is 17.7 Å². The number of nitrogens with zero attached hydrogens (tertiary/aromatic N) is 1. The second-order valence-electron chi connectivity index (χ2n) is 6.48. The number of esters is 1. The Kier molecular flexibility index (Phi) is 3.66. The van der Waals surface area contributed by atoms with Gasteiger partial charge in [0.25, 0.3) is 0 Å². The highest BCUT2D eigenvalue weighted by molar-refractivity contribution is 8.02. The first kappa shape index (κ1) is 15.1. The fourth-order valence-electron chi connectivity index (χ4n) is 4.36. The van der Waals surface area contributed by atoms with E-state index < -0.39 is 5.60 Å². The lowest BCUT2D eigenvalue weighted by Crippen LogP contribution is -2.52. The second kappa shape index (κ2) is 5.58. The zero-order chi connectivity index (χ0) is 16.0. The van der Waals surface area contributed by atoms with Crippen molar-refractivity contribution in [1.82, 2.24) is 4.90 Å². The number of piperidine rings is 1. The van der Waals surface area contributed by atoms with Gasteiger partial charge in [0.15, 0.2) is 5.60 Å². The molecule has 1 unspecified atom stereocenters. The highest BCUT2D eigenvalue weighted by Crippen LogP contribution is 2.58. The second-order valence-corrected chi connectivity index (χ2v) is 7.33. The quantitative estimate of drug-likeness (QED) is 0.576. The predicted octanol–water partition coefficient (Wildman–Crippen LogP) is 3.05. The molecule has 4 aliphatic rings. The fourth-order valence-corrected chi connectivity index (χ4v) is 4.85. The lowest BCUT2D eigenvalue weighted by molar-refractivity contribution is -0.146. The molecule has 2 atom stereocenters. The maximum Gasteiger partial charge on any atom is 0.332 e. The summed E-state index contributed by atoms with van der Waals surface area (Å²) in [5.74, 6) is 6.42. The molecule has 0 aromatic rings. The number of carbonyl (C=O) groups excluding carboxylic acids is 1. The van der Waals surface area contributed by atoms with E-state index >= 15 is 0 Å². The van der Waals surface area contributed by atoms with Crippen LogP contribution in [0.1, 0.15) is 32.6 Å². The number of carbonyl (C=O) groups is 1. The van der Waals surface area contributed by atoms with Crippen LogP contribution < -0.4 is 0 Å². The number of hydrogen-bond donors (Lipinski definition) is 0. The van der Waals surface area contributed by atoms with E-state index in [1.807, 2.05) is 0 Å². The lowest BCUT2D eigenvalue weighted by atomic mass is 9.67. The molecule has 3 aliphatic heterocycles. The molecule has 2 fully saturated rings. The summed E-state index contributed by atoms with van der Waals surface area (Å²) >= 11 is 1.68. The van der Waals surface area contributed by atoms with Gasteiger partial charge >= 0.3 is 5.97 Å². The molecule has 3 heterocycles. The van der Waals surface area contributed by atoms with Gasteiger partial charge in [-0.05, 0) is 32.1 Å². The maximum absolute atomic E-state index is 12.0. The number of allylic oxidation sites excluding steroid dienone is 2. The first-order valence-electron chi connectivity index (χ1n) is 8.40. The summed E-state index contributed by atoms with van der Waals surface area (Å²) in [7, 11) is 0. The summed E-state index contributed by atoms with van der Waals surface area (Å²) < 4.78 is 5.83. The van der Waals surface area contributed by atoms with Gasteiger partial charge in [-0.2, -0.15) is 0 Å². The largest absolute Gasteiger partial charge is 0.445 e. The third-order valence-corrected chi connectivity index (χ3v) is 6.02. The van der Waals surface area contributed by atoms with Crippen molar-refractivity contribution in [2.45, 2.75) is 44.2 Å². The Morgan fingerprint density at radius 1 is 1.57 bits per heavy atom. The van der Waals surface area contributed by atoms with E-state index in [9.17, 15) is 4.79 Å². The summed E-state index contributed by atoms with van der Waals surface area (Å²) in [5, 5.41) is 0. The van der Waals surface area contributed by atoms with Crippen molar-refractivity contribution in [1.29, 1.82) is 0 Å². The van der Waals surface area contributed by atoms with Gasteiger partial charge in [0.2, 0.25) is 0 Å². The van der Waals surface area contributed by atoms with E-state index in [4.69, 9.17) is 4.74 Å².